The van der Waals surface area contributed by atoms with Crippen LogP contribution in [0.5, 0.6) is 0 Å². The van der Waals surface area contributed by atoms with Crippen molar-refractivity contribution in [2.45, 2.75) is 6.42 Å². The van der Waals surface area contributed by atoms with Gasteiger partial charge in [0.05, 0.1) is 29.2 Å². The summed E-state index contributed by atoms with van der Waals surface area (Å²) >= 11 is 0. The van der Waals surface area contributed by atoms with Gasteiger partial charge in [0.2, 0.25) is 0 Å². The second-order valence-electron chi connectivity index (χ2n) is 5.14. The largest absolute Gasteiger partial charge is 0.396 e. The second-order valence-corrected chi connectivity index (χ2v) is 5.14. The number of fused-ring (bicyclic) bond motifs is 1. The van der Waals surface area contributed by atoms with Gasteiger partial charge in [0.15, 0.2) is 0 Å². The van der Waals surface area contributed by atoms with Crippen molar-refractivity contribution in [2.75, 3.05) is 18.1 Å². The number of aliphatic hydroxyl groups excluding tert-OH is 1. The molecule has 0 saturated carbocycles. The molecular formula is C16H14N4O4. The average molecular weight is 326 g/mol. The van der Waals surface area contributed by atoms with Gasteiger partial charge in [-0.2, -0.15) is 10.2 Å². The third-order valence-electron chi connectivity index (χ3n) is 3.61. The first kappa shape index (κ1) is 15.8. The normalized spacial score (nSPS) is 13.1. The van der Waals surface area contributed by atoms with Crippen LogP contribution in [0.3, 0.4) is 0 Å². The van der Waals surface area contributed by atoms with Gasteiger partial charge in [0.1, 0.15) is 0 Å². The van der Waals surface area contributed by atoms with Crippen LogP contribution in [-0.2, 0) is 0 Å². The van der Waals surface area contributed by atoms with Crippen molar-refractivity contribution < 1.29 is 19.5 Å². The molecule has 8 heteroatoms. The smallest absolute Gasteiger partial charge is 0.267 e. The van der Waals surface area contributed by atoms with Crippen LogP contribution in [0.1, 0.15) is 37.5 Å². The number of aromatic nitrogens is 2. The third kappa shape index (κ3) is 2.74. The van der Waals surface area contributed by atoms with E-state index in [1.807, 2.05) is 0 Å². The third-order valence-corrected chi connectivity index (χ3v) is 3.61. The molecule has 0 spiro atoms. The van der Waals surface area contributed by atoms with Crippen molar-refractivity contribution in [3.05, 3.63) is 53.3 Å². The molecule has 2 heterocycles. The molecule has 2 N–H and O–H groups in total. The fourth-order valence-corrected chi connectivity index (χ4v) is 2.37. The summed E-state index contributed by atoms with van der Waals surface area (Å²) in [5.74, 6) is -1.22. The predicted molar refractivity (Wildman–Crippen MR) is 83.7 cm³/mol. The Bertz CT molecular complexity index is 769. The number of nitrogens with zero attached hydrogens (tertiary/aromatic N) is 3. The molecule has 0 unspecified atom stereocenters. The summed E-state index contributed by atoms with van der Waals surface area (Å²) in [6.07, 6.45) is 3.00. The molecule has 0 bridgehead atoms. The summed E-state index contributed by atoms with van der Waals surface area (Å²) in [4.78, 5) is 37.6. The second kappa shape index (κ2) is 6.55. The summed E-state index contributed by atoms with van der Waals surface area (Å²) in [5.41, 5.74) is 1.19. The van der Waals surface area contributed by atoms with Gasteiger partial charge in [0.25, 0.3) is 17.7 Å². The van der Waals surface area contributed by atoms with E-state index >= 15 is 0 Å². The van der Waals surface area contributed by atoms with E-state index in [-0.39, 0.29) is 23.6 Å². The van der Waals surface area contributed by atoms with Crippen LogP contribution in [0.15, 0.2) is 36.7 Å². The van der Waals surface area contributed by atoms with E-state index in [1.165, 1.54) is 36.7 Å². The molecule has 0 fully saturated rings. The average Bonchev–Trinajstić information content (AvgIpc) is 2.87. The number of hydrogen-bond donors (Lipinski definition) is 2. The molecule has 122 valence electrons. The number of benzene rings is 1. The molecule has 1 aliphatic heterocycles. The quantitative estimate of drug-likeness (QED) is 0.607. The molecule has 24 heavy (non-hydrogen) atoms. The highest BCUT2D eigenvalue weighted by atomic mass is 16.3. The Morgan fingerprint density at radius 3 is 2.17 bits per heavy atom. The van der Waals surface area contributed by atoms with Gasteiger partial charge in [0, 0.05) is 18.7 Å². The van der Waals surface area contributed by atoms with Gasteiger partial charge in [-0.15, -0.1) is 0 Å². The Kier molecular flexibility index (Phi) is 4.30. The number of anilines is 1. The van der Waals surface area contributed by atoms with Crippen LogP contribution in [0.25, 0.3) is 0 Å². The van der Waals surface area contributed by atoms with Crippen LogP contribution in [0, 0.1) is 0 Å². The maximum atomic E-state index is 12.3. The first-order valence-corrected chi connectivity index (χ1v) is 7.32. The fraction of sp³-hybridized carbons (Fsp3) is 0.188. The maximum absolute atomic E-state index is 12.3. The highest BCUT2D eigenvalue weighted by Crippen LogP contribution is 2.27. The van der Waals surface area contributed by atoms with Crippen LogP contribution >= 0.6 is 0 Å². The molecule has 0 aliphatic carbocycles. The highest BCUT2D eigenvalue weighted by molar-refractivity contribution is 6.34. The molecule has 3 amide bonds. The molecular weight excluding hydrogens is 312 g/mol. The van der Waals surface area contributed by atoms with Gasteiger partial charge in [-0.05, 0) is 30.7 Å². The lowest BCUT2D eigenvalue weighted by Crippen LogP contribution is -2.29. The molecule has 1 aromatic heterocycles. The van der Waals surface area contributed by atoms with E-state index in [2.05, 4.69) is 15.5 Å². The van der Waals surface area contributed by atoms with Crippen molar-refractivity contribution in [1.82, 2.24) is 15.5 Å². The highest BCUT2D eigenvalue weighted by Gasteiger charge is 2.37. The number of nitrogens with one attached hydrogen (secondary N) is 1. The molecule has 3 rings (SSSR count). The Hall–Kier alpha value is -3.13. The maximum Gasteiger partial charge on any atom is 0.267 e. The molecule has 1 aromatic carbocycles. The summed E-state index contributed by atoms with van der Waals surface area (Å²) < 4.78 is 0. The van der Waals surface area contributed by atoms with Gasteiger partial charge in [-0.3, -0.25) is 14.4 Å². The number of aliphatic hydroxyl groups is 1. The Morgan fingerprint density at radius 1 is 1.04 bits per heavy atom. The summed E-state index contributed by atoms with van der Waals surface area (Å²) in [5, 5.41) is 18.6. The number of amides is 3. The lowest BCUT2D eigenvalue weighted by Gasteiger charge is -2.14. The van der Waals surface area contributed by atoms with E-state index in [0.717, 1.165) is 4.90 Å². The first-order valence-electron chi connectivity index (χ1n) is 7.32. The first-order chi connectivity index (χ1) is 11.6. The number of hydrogen-bond acceptors (Lipinski definition) is 6. The van der Waals surface area contributed by atoms with Gasteiger partial charge >= 0.3 is 0 Å². The lowest BCUT2D eigenvalue weighted by molar-refractivity contribution is 0.0922. The molecule has 0 radical (unpaired) electrons. The standard InChI is InChI=1S/C16H14N4O4/c21-7-1-6-17-14(22)10-2-4-11(5-3-10)20-15(23)12-8-18-19-9-13(12)16(20)24/h2-5,8-9,21H,1,6-7H2,(H,17,22). The monoisotopic (exact) mass is 326 g/mol. The summed E-state index contributed by atoms with van der Waals surface area (Å²) in [7, 11) is 0. The van der Waals surface area contributed by atoms with Crippen LogP contribution in [0.4, 0.5) is 5.69 Å². The Balaban J connectivity index is 1.79. The molecule has 1 aliphatic rings. The number of carbonyl (C=O) groups is 3. The molecule has 2 aromatic rings. The lowest BCUT2D eigenvalue weighted by atomic mass is 10.2. The molecule has 0 saturated heterocycles. The number of imide groups is 1. The van der Waals surface area contributed by atoms with E-state index < -0.39 is 11.8 Å². The van der Waals surface area contributed by atoms with E-state index in [0.29, 0.717) is 24.2 Å². The summed E-state index contributed by atoms with van der Waals surface area (Å²) in [6.45, 7) is 0.373. The Labute approximate surface area is 137 Å². The van der Waals surface area contributed by atoms with Crippen molar-refractivity contribution in [1.29, 1.82) is 0 Å². The number of carbonyl (C=O) groups excluding carboxylic acids is 3. The van der Waals surface area contributed by atoms with Crippen LogP contribution in [0.2, 0.25) is 0 Å². The zero-order valence-corrected chi connectivity index (χ0v) is 12.6. The van der Waals surface area contributed by atoms with Gasteiger partial charge in [-0.1, -0.05) is 0 Å². The van der Waals surface area contributed by atoms with Crippen molar-refractivity contribution in [2.24, 2.45) is 0 Å². The molecule has 8 nitrogen and oxygen atoms in total. The van der Waals surface area contributed by atoms with Crippen molar-refractivity contribution >= 4 is 23.4 Å². The zero-order chi connectivity index (χ0) is 17.1. The summed E-state index contributed by atoms with van der Waals surface area (Å²) in [6, 6.07) is 6.13. The van der Waals surface area contributed by atoms with Crippen molar-refractivity contribution in [3.63, 3.8) is 0 Å². The van der Waals surface area contributed by atoms with Crippen LogP contribution < -0.4 is 10.2 Å². The zero-order valence-electron chi connectivity index (χ0n) is 12.6. The van der Waals surface area contributed by atoms with Gasteiger partial charge < -0.3 is 10.4 Å². The Morgan fingerprint density at radius 2 is 1.62 bits per heavy atom. The van der Waals surface area contributed by atoms with Crippen molar-refractivity contribution in [3.8, 4) is 0 Å². The van der Waals surface area contributed by atoms with E-state index in [1.54, 1.807) is 0 Å². The van der Waals surface area contributed by atoms with Gasteiger partial charge in [-0.25, -0.2) is 4.90 Å². The SMILES string of the molecule is O=C(NCCCO)c1ccc(N2C(=O)c3cnncc3C2=O)cc1. The fourth-order valence-electron chi connectivity index (χ4n) is 2.37. The minimum absolute atomic E-state index is 0.00265. The van der Waals surface area contributed by atoms with E-state index in [4.69, 9.17) is 5.11 Å². The molecule has 0 atom stereocenters. The topological polar surface area (TPSA) is 112 Å². The van der Waals surface area contributed by atoms with E-state index in [9.17, 15) is 14.4 Å². The number of rotatable bonds is 5. The minimum atomic E-state index is -0.468. The van der Waals surface area contributed by atoms with Crippen LogP contribution in [-0.4, -0.2) is 46.2 Å². The minimum Gasteiger partial charge on any atom is -0.396 e. The predicted octanol–water partition coefficient (Wildman–Crippen LogP) is 0.389.